The van der Waals surface area contributed by atoms with E-state index < -0.39 is 0 Å². The van der Waals surface area contributed by atoms with Crippen molar-refractivity contribution in [3.63, 3.8) is 0 Å². The number of nitrogens with zero attached hydrogens (tertiary/aromatic N) is 3. The van der Waals surface area contributed by atoms with Gasteiger partial charge < -0.3 is 14.6 Å². The molecule has 1 N–H and O–H groups in total. The van der Waals surface area contributed by atoms with E-state index in [0.717, 1.165) is 16.9 Å². The number of para-hydroxylation sites is 1. The Balaban J connectivity index is 1.88. The molecule has 0 saturated heterocycles. The highest BCUT2D eigenvalue weighted by Crippen LogP contribution is 2.27. The van der Waals surface area contributed by atoms with E-state index >= 15 is 0 Å². The highest BCUT2D eigenvalue weighted by atomic mass is 16.3. The van der Waals surface area contributed by atoms with Gasteiger partial charge in [-0.15, -0.1) is 0 Å². The van der Waals surface area contributed by atoms with Crippen LogP contribution in [0.3, 0.4) is 0 Å². The van der Waals surface area contributed by atoms with Crippen molar-refractivity contribution in [2.45, 2.75) is 47.0 Å². The van der Waals surface area contributed by atoms with Crippen LogP contribution in [0.1, 0.15) is 56.4 Å². The van der Waals surface area contributed by atoms with Crippen LogP contribution in [0.25, 0.3) is 5.69 Å². The first-order valence-corrected chi connectivity index (χ1v) is 10.9. The van der Waals surface area contributed by atoms with Crippen LogP contribution in [-0.4, -0.2) is 39.6 Å². The van der Waals surface area contributed by atoms with E-state index in [2.05, 4.69) is 26.1 Å². The molecule has 0 bridgehead atoms. The van der Waals surface area contributed by atoms with E-state index in [1.54, 1.807) is 16.8 Å². The van der Waals surface area contributed by atoms with Crippen LogP contribution >= 0.6 is 0 Å². The normalized spacial score (nSPS) is 11.6. The zero-order chi connectivity index (χ0) is 23.5. The van der Waals surface area contributed by atoms with Gasteiger partial charge in [0, 0.05) is 18.0 Å². The summed E-state index contributed by atoms with van der Waals surface area (Å²) in [5.41, 5.74) is 2.61. The van der Waals surface area contributed by atoms with Crippen molar-refractivity contribution < 1.29 is 14.0 Å². The fourth-order valence-electron chi connectivity index (χ4n) is 3.39. The summed E-state index contributed by atoms with van der Waals surface area (Å²) in [7, 11) is 0. The molecule has 0 fully saturated rings. The molecule has 0 saturated carbocycles. The molecule has 32 heavy (non-hydrogen) atoms. The maximum absolute atomic E-state index is 13.0. The Kier molecular flexibility index (Phi) is 6.87. The van der Waals surface area contributed by atoms with E-state index in [1.165, 1.54) is 11.2 Å². The summed E-state index contributed by atoms with van der Waals surface area (Å²) < 4.78 is 7.01. The minimum Gasteiger partial charge on any atom is -0.459 e. The summed E-state index contributed by atoms with van der Waals surface area (Å²) >= 11 is 0. The molecule has 170 valence electrons. The molecule has 0 spiro atoms. The van der Waals surface area contributed by atoms with Crippen molar-refractivity contribution in [1.82, 2.24) is 14.7 Å². The number of furan rings is 1. The molecule has 0 atom stereocenters. The molecular formula is C25H32N4O3. The summed E-state index contributed by atoms with van der Waals surface area (Å²) in [6, 6.07) is 13.0. The number of carbonyl (C=O) groups is 2. The Morgan fingerprint density at radius 2 is 1.88 bits per heavy atom. The maximum Gasteiger partial charge on any atom is 0.290 e. The number of anilines is 1. The predicted octanol–water partition coefficient (Wildman–Crippen LogP) is 4.81. The summed E-state index contributed by atoms with van der Waals surface area (Å²) in [6.07, 6.45) is 1.45. The Bertz CT molecular complexity index is 1080. The van der Waals surface area contributed by atoms with Gasteiger partial charge in [0.1, 0.15) is 12.4 Å². The number of aryl methyl sites for hydroxylation is 1. The molecule has 2 heterocycles. The zero-order valence-electron chi connectivity index (χ0n) is 19.7. The summed E-state index contributed by atoms with van der Waals surface area (Å²) in [4.78, 5) is 27.4. The van der Waals surface area contributed by atoms with Crippen LogP contribution in [0.2, 0.25) is 0 Å². The predicted molar refractivity (Wildman–Crippen MR) is 125 cm³/mol. The number of aromatic nitrogens is 2. The standard InChI is InChI=1S/C25H32N4O3/c1-17(2)15-28(24(31)20-12-9-13-32-20)16-23(30)26-22-14-21(25(4,5)6)27-29(22)19-11-8-7-10-18(19)3/h7-14,17H,15-16H2,1-6H3,(H,26,30). The first kappa shape index (κ1) is 23.3. The van der Waals surface area contributed by atoms with Gasteiger partial charge in [0.25, 0.3) is 5.91 Å². The average molecular weight is 437 g/mol. The molecule has 0 unspecified atom stereocenters. The van der Waals surface area contributed by atoms with Crippen LogP contribution in [0, 0.1) is 12.8 Å². The van der Waals surface area contributed by atoms with Crippen molar-refractivity contribution in [3.8, 4) is 5.69 Å². The number of carbonyl (C=O) groups excluding carboxylic acids is 2. The fraction of sp³-hybridized carbons (Fsp3) is 0.400. The van der Waals surface area contributed by atoms with Gasteiger partial charge in [-0.25, -0.2) is 4.68 Å². The summed E-state index contributed by atoms with van der Waals surface area (Å²) in [5, 5.41) is 7.74. The summed E-state index contributed by atoms with van der Waals surface area (Å²) in [6.45, 7) is 12.6. The zero-order valence-corrected chi connectivity index (χ0v) is 19.7. The van der Waals surface area contributed by atoms with Gasteiger partial charge >= 0.3 is 0 Å². The van der Waals surface area contributed by atoms with Gasteiger partial charge in [-0.05, 0) is 36.6 Å². The number of hydrogen-bond acceptors (Lipinski definition) is 4. The SMILES string of the molecule is Cc1ccccc1-n1nc(C(C)(C)C)cc1NC(=O)CN(CC(C)C)C(=O)c1ccco1. The molecule has 1 aromatic carbocycles. The number of amides is 2. The molecule has 7 heteroatoms. The second kappa shape index (κ2) is 9.42. The maximum atomic E-state index is 13.0. The fourth-order valence-corrected chi connectivity index (χ4v) is 3.39. The molecule has 2 amide bonds. The number of benzene rings is 1. The number of rotatable bonds is 7. The Morgan fingerprint density at radius 1 is 1.16 bits per heavy atom. The van der Waals surface area contributed by atoms with Gasteiger partial charge in [-0.2, -0.15) is 5.10 Å². The third-order valence-corrected chi connectivity index (χ3v) is 5.03. The smallest absolute Gasteiger partial charge is 0.290 e. The van der Waals surface area contributed by atoms with Gasteiger partial charge in [0.2, 0.25) is 5.91 Å². The van der Waals surface area contributed by atoms with E-state index in [1.807, 2.05) is 51.1 Å². The molecule has 2 aromatic heterocycles. The Hall–Kier alpha value is -3.35. The third kappa shape index (κ3) is 5.46. The van der Waals surface area contributed by atoms with Crippen LogP contribution in [-0.2, 0) is 10.2 Å². The van der Waals surface area contributed by atoms with E-state index in [9.17, 15) is 9.59 Å². The second-order valence-corrected chi connectivity index (χ2v) is 9.47. The highest BCUT2D eigenvalue weighted by molar-refractivity contribution is 5.97. The monoisotopic (exact) mass is 436 g/mol. The van der Waals surface area contributed by atoms with Crippen molar-refractivity contribution >= 4 is 17.6 Å². The second-order valence-electron chi connectivity index (χ2n) is 9.47. The Labute approximate surface area is 189 Å². The van der Waals surface area contributed by atoms with Crippen molar-refractivity contribution in [2.24, 2.45) is 5.92 Å². The lowest BCUT2D eigenvalue weighted by Crippen LogP contribution is -2.40. The van der Waals surface area contributed by atoms with Crippen molar-refractivity contribution in [2.75, 3.05) is 18.4 Å². The largest absolute Gasteiger partial charge is 0.459 e. The van der Waals surface area contributed by atoms with Crippen molar-refractivity contribution in [1.29, 1.82) is 0 Å². The van der Waals surface area contributed by atoms with Crippen LogP contribution < -0.4 is 5.32 Å². The first-order chi connectivity index (χ1) is 15.1. The van der Waals surface area contributed by atoms with E-state index in [-0.39, 0.29) is 35.5 Å². The lowest BCUT2D eigenvalue weighted by atomic mass is 9.92. The van der Waals surface area contributed by atoms with Crippen LogP contribution in [0.4, 0.5) is 5.82 Å². The minimum absolute atomic E-state index is 0.0818. The van der Waals surface area contributed by atoms with Gasteiger partial charge in [0.15, 0.2) is 5.76 Å². The Morgan fingerprint density at radius 3 is 2.47 bits per heavy atom. The first-order valence-electron chi connectivity index (χ1n) is 10.9. The van der Waals surface area contributed by atoms with Crippen molar-refractivity contribution in [3.05, 3.63) is 65.7 Å². The van der Waals surface area contributed by atoms with E-state index in [0.29, 0.717) is 12.4 Å². The molecule has 3 rings (SSSR count). The lowest BCUT2D eigenvalue weighted by molar-refractivity contribution is -0.117. The number of nitrogens with one attached hydrogen (secondary N) is 1. The van der Waals surface area contributed by atoms with Gasteiger partial charge in [-0.3, -0.25) is 9.59 Å². The highest BCUT2D eigenvalue weighted by Gasteiger charge is 2.25. The topological polar surface area (TPSA) is 80.4 Å². The van der Waals surface area contributed by atoms with Crippen LogP contribution in [0.15, 0.2) is 53.1 Å². The average Bonchev–Trinajstić information content (AvgIpc) is 3.37. The molecule has 0 aliphatic rings. The molecular weight excluding hydrogens is 404 g/mol. The number of hydrogen-bond donors (Lipinski definition) is 1. The molecule has 3 aromatic rings. The van der Waals surface area contributed by atoms with E-state index in [4.69, 9.17) is 9.52 Å². The van der Waals surface area contributed by atoms with Crippen LogP contribution in [0.5, 0.6) is 0 Å². The molecule has 0 radical (unpaired) electrons. The lowest BCUT2D eigenvalue weighted by Gasteiger charge is -2.23. The minimum atomic E-state index is -0.304. The third-order valence-electron chi connectivity index (χ3n) is 5.03. The molecule has 7 nitrogen and oxygen atoms in total. The quantitative estimate of drug-likeness (QED) is 0.576. The van der Waals surface area contributed by atoms with Gasteiger partial charge in [-0.1, -0.05) is 52.8 Å². The molecule has 0 aliphatic heterocycles. The van der Waals surface area contributed by atoms with Gasteiger partial charge in [0.05, 0.1) is 17.6 Å². The summed E-state index contributed by atoms with van der Waals surface area (Å²) in [5.74, 6) is 0.400. The molecule has 0 aliphatic carbocycles.